The molecule has 0 saturated heterocycles. The Morgan fingerprint density at radius 1 is 1.16 bits per heavy atom. The minimum absolute atomic E-state index is 0.621. The molecular weight excluding hydrogens is 332 g/mol. The summed E-state index contributed by atoms with van der Waals surface area (Å²) in [5, 5.41) is 11.0. The van der Waals surface area contributed by atoms with Crippen molar-refractivity contribution in [2.24, 2.45) is 4.99 Å². The molecular formula is C18H28N6S. The monoisotopic (exact) mass is 360 g/mol. The van der Waals surface area contributed by atoms with Gasteiger partial charge in [-0.05, 0) is 45.7 Å². The van der Waals surface area contributed by atoms with E-state index < -0.39 is 0 Å². The molecule has 3 N–H and O–H groups in total. The molecule has 2 aromatic heterocycles. The zero-order chi connectivity index (χ0) is 17.9. The van der Waals surface area contributed by atoms with Crippen molar-refractivity contribution in [2.75, 3.05) is 25.0 Å². The second-order valence-corrected chi connectivity index (χ2v) is 7.01. The van der Waals surface area contributed by atoms with E-state index in [1.54, 1.807) is 17.5 Å². The van der Waals surface area contributed by atoms with E-state index in [2.05, 4.69) is 44.8 Å². The molecule has 6 nitrogen and oxygen atoms in total. The molecule has 0 aliphatic carbocycles. The lowest BCUT2D eigenvalue weighted by atomic mass is 10.3. The van der Waals surface area contributed by atoms with Gasteiger partial charge >= 0.3 is 0 Å². The van der Waals surface area contributed by atoms with Crippen molar-refractivity contribution in [3.63, 3.8) is 0 Å². The number of aryl methyl sites for hydroxylation is 2. The van der Waals surface area contributed by atoms with Crippen LogP contribution in [0.4, 0.5) is 5.82 Å². The third-order valence-electron chi connectivity index (χ3n) is 3.66. The van der Waals surface area contributed by atoms with Crippen molar-refractivity contribution in [1.82, 2.24) is 20.6 Å². The molecule has 0 spiro atoms. The smallest absolute Gasteiger partial charge is 0.191 e. The van der Waals surface area contributed by atoms with E-state index in [1.165, 1.54) is 4.88 Å². The van der Waals surface area contributed by atoms with Gasteiger partial charge in [-0.1, -0.05) is 6.07 Å². The van der Waals surface area contributed by atoms with Gasteiger partial charge in [-0.15, -0.1) is 11.3 Å². The molecule has 0 fully saturated rings. The molecule has 2 heterocycles. The van der Waals surface area contributed by atoms with E-state index in [4.69, 9.17) is 0 Å². The minimum atomic E-state index is 0.621. The van der Waals surface area contributed by atoms with Gasteiger partial charge in [0.05, 0.1) is 12.2 Å². The highest BCUT2D eigenvalue weighted by Crippen LogP contribution is 2.16. The highest BCUT2D eigenvalue weighted by molar-refractivity contribution is 7.11. The average molecular weight is 361 g/mol. The Morgan fingerprint density at radius 3 is 2.68 bits per heavy atom. The number of guanidine groups is 1. The van der Waals surface area contributed by atoms with Crippen molar-refractivity contribution in [3.05, 3.63) is 40.0 Å². The molecule has 0 atom stereocenters. The number of thiazole rings is 1. The van der Waals surface area contributed by atoms with Crippen LogP contribution in [0.2, 0.25) is 0 Å². The van der Waals surface area contributed by atoms with E-state index in [1.807, 2.05) is 25.1 Å². The van der Waals surface area contributed by atoms with Gasteiger partial charge in [0.25, 0.3) is 0 Å². The number of pyridine rings is 1. The van der Waals surface area contributed by atoms with Crippen LogP contribution in [0, 0.1) is 13.8 Å². The van der Waals surface area contributed by atoms with Gasteiger partial charge in [0.15, 0.2) is 5.96 Å². The largest absolute Gasteiger partial charge is 0.370 e. The van der Waals surface area contributed by atoms with Crippen LogP contribution < -0.4 is 16.0 Å². The summed E-state index contributed by atoms with van der Waals surface area (Å²) >= 11 is 1.72. The molecule has 2 aromatic rings. The normalized spacial score (nSPS) is 11.4. The zero-order valence-corrected chi connectivity index (χ0v) is 16.1. The lowest BCUT2D eigenvalue weighted by Gasteiger charge is -2.11. The molecule has 7 heteroatoms. The predicted molar refractivity (Wildman–Crippen MR) is 106 cm³/mol. The maximum absolute atomic E-state index is 4.62. The topological polar surface area (TPSA) is 74.2 Å². The fourth-order valence-corrected chi connectivity index (χ4v) is 3.09. The standard InChI is InChI=1S/C18H28N6S/c1-4-19-18(23-13-17-24-14(2)15(3)25-17)22-12-8-7-11-21-16-9-5-6-10-20-16/h5-6,9-10H,4,7-8,11-13H2,1-3H3,(H,20,21)(H2,19,22,23). The van der Waals surface area contributed by atoms with Gasteiger partial charge in [-0.25, -0.2) is 15.0 Å². The van der Waals surface area contributed by atoms with Gasteiger partial charge in [0.2, 0.25) is 0 Å². The van der Waals surface area contributed by atoms with Crippen LogP contribution in [0.5, 0.6) is 0 Å². The Hall–Kier alpha value is -2.15. The number of rotatable bonds is 9. The number of nitrogens with one attached hydrogen (secondary N) is 3. The van der Waals surface area contributed by atoms with Crippen molar-refractivity contribution in [2.45, 2.75) is 40.2 Å². The number of unbranched alkanes of at least 4 members (excludes halogenated alkanes) is 1. The lowest BCUT2D eigenvalue weighted by molar-refractivity contribution is 0.712. The Bertz CT molecular complexity index is 633. The van der Waals surface area contributed by atoms with Crippen LogP contribution in [0.15, 0.2) is 29.4 Å². The summed E-state index contributed by atoms with van der Waals surface area (Å²) in [5.74, 6) is 1.78. The molecule has 0 aromatic carbocycles. The van der Waals surface area contributed by atoms with Crippen LogP contribution in [0.3, 0.4) is 0 Å². The van der Waals surface area contributed by atoms with E-state index in [9.17, 15) is 0 Å². The fourth-order valence-electron chi connectivity index (χ4n) is 2.24. The second-order valence-electron chi connectivity index (χ2n) is 5.72. The Labute approximate surface area is 154 Å². The molecule has 0 aliphatic rings. The summed E-state index contributed by atoms with van der Waals surface area (Å²) in [6.45, 7) is 9.50. The fraction of sp³-hybridized carbons (Fsp3) is 0.500. The van der Waals surface area contributed by atoms with Crippen LogP contribution in [-0.4, -0.2) is 35.6 Å². The highest BCUT2D eigenvalue weighted by atomic mass is 32.1. The summed E-state index contributed by atoms with van der Waals surface area (Å²) in [6, 6.07) is 5.89. The number of anilines is 1. The molecule has 136 valence electrons. The third kappa shape index (κ3) is 7.09. The first-order chi connectivity index (χ1) is 12.2. The number of hydrogen-bond acceptors (Lipinski definition) is 5. The molecule has 0 amide bonds. The first kappa shape index (κ1) is 19.2. The van der Waals surface area contributed by atoms with E-state index in [-0.39, 0.29) is 0 Å². The Morgan fingerprint density at radius 2 is 2.00 bits per heavy atom. The predicted octanol–water partition coefficient (Wildman–Crippen LogP) is 3.10. The summed E-state index contributed by atoms with van der Waals surface area (Å²) in [7, 11) is 0. The average Bonchev–Trinajstić information content (AvgIpc) is 2.94. The summed E-state index contributed by atoms with van der Waals surface area (Å²) in [5.41, 5.74) is 1.11. The minimum Gasteiger partial charge on any atom is -0.370 e. The molecule has 0 radical (unpaired) electrons. The number of aromatic nitrogens is 2. The van der Waals surface area contributed by atoms with Gasteiger partial charge in [-0.2, -0.15) is 0 Å². The molecule has 0 aliphatic heterocycles. The van der Waals surface area contributed by atoms with Crippen molar-refractivity contribution < 1.29 is 0 Å². The summed E-state index contributed by atoms with van der Waals surface area (Å²) < 4.78 is 0. The second kappa shape index (κ2) is 10.7. The third-order valence-corrected chi connectivity index (χ3v) is 4.71. The van der Waals surface area contributed by atoms with Crippen LogP contribution in [-0.2, 0) is 6.54 Å². The van der Waals surface area contributed by atoms with E-state index in [0.29, 0.717) is 6.54 Å². The highest BCUT2D eigenvalue weighted by Gasteiger charge is 2.03. The first-order valence-corrected chi connectivity index (χ1v) is 9.60. The Kier molecular flexibility index (Phi) is 8.18. The number of aliphatic imine (C=N–C) groups is 1. The van der Waals surface area contributed by atoms with Gasteiger partial charge in [0, 0.05) is 30.7 Å². The quantitative estimate of drug-likeness (QED) is 0.364. The zero-order valence-electron chi connectivity index (χ0n) is 15.3. The summed E-state index contributed by atoms with van der Waals surface area (Å²) in [4.78, 5) is 14.7. The van der Waals surface area contributed by atoms with Crippen molar-refractivity contribution in [3.8, 4) is 0 Å². The molecule has 25 heavy (non-hydrogen) atoms. The van der Waals surface area contributed by atoms with Crippen molar-refractivity contribution in [1.29, 1.82) is 0 Å². The number of nitrogens with zero attached hydrogens (tertiary/aromatic N) is 3. The first-order valence-electron chi connectivity index (χ1n) is 8.79. The van der Waals surface area contributed by atoms with Crippen LogP contribution in [0.1, 0.15) is 35.3 Å². The maximum Gasteiger partial charge on any atom is 0.191 e. The van der Waals surface area contributed by atoms with Crippen LogP contribution in [0.25, 0.3) is 0 Å². The van der Waals surface area contributed by atoms with E-state index in [0.717, 1.165) is 55.0 Å². The molecule has 0 unspecified atom stereocenters. The number of hydrogen-bond donors (Lipinski definition) is 3. The van der Waals surface area contributed by atoms with Crippen LogP contribution >= 0.6 is 11.3 Å². The van der Waals surface area contributed by atoms with Gasteiger partial charge in [-0.3, -0.25) is 0 Å². The summed E-state index contributed by atoms with van der Waals surface area (Å²) in [6.07, 6.45) is 3.95. The maximum atomic E-state index is 4.62. The van der Waals surface area contributed by atoms with Gasteiger partial charge in [0.1, 0.15) is 10.8 Å². The molecule has 2 rings (SSSR count). The van der Waals surface area contributed by atoms with E-state index >= 15 is 0 Å². The Balaban J connectivity index is 1.67. The molecule has 0 saturated carbocycles. The SMILES string of the molecule is CCNC(=NCc1nc(C)c(C)s1)NCCCCNc1ccccn1. The van der Waals surface area contributed by atoms with Crippen molar-refractivity contribution >= 4 is 23.1 Å². The van der Waals surface area contributed by atoms with Gasteiger partial charge < -0.3 is 16.0 Å². The lowest BCUT2D eigenvalue weighted by Crippen LogP contribution is -2.37. The molecule has 0 bridgehead atoms.